The number of likely N-dealkylation sites (N-methyl/N-ethyl adjacent to an activating group) is 1. The van der Waals surface area contributed by atoms with Crippen molar-refractivity contribution >= 4 is 5.91 Å². The lowest BCUT2D eigenvalue weighted by Gasteiger charge is -2.09. The summed E-state index contributed by atoms with van der Waals surface area (Å²) in [4.78, 5) is 13.4. The van der Waals surface area contributed by atoms with Gasteiger partial charge in [0.1, 0.15) is 0 Å². The monoisotopic (exact) mass is 197 g/mol. The fraction of sp³-hybridized carbons (Fsp3) is 0.700. The molecule has 1 fully saturated rings. The molecule has 1 atom stereocenters. The Hall–Kier alpha value is -0.870. The van der Waals surface area contributed by atoms with Crippen LogP contribution in [0.2, 0.25) is 0 Å². The lowest BCUT2D eigenvalue weighted by molar-refractivity contribution is -0.117. The van der Waals surface area contributed by atoms with Crippen molar-refractivity contribution in [3.05, 3.63) is 12.2 Å². The summed E-state index contributed by atoms with van der Waals surface area (Å²) in [5, 5.41) is 6.15. The third-order valence-electron chi connectivity index (χ3n) is 2.15. The Balaban J connectivity index is 2.17. The zero-order chi connectivity index (χ0) is 10.4. The van der Waals surface area contributed by atoms with E-state index in [1.54, 1.807) is 6.08 Å². The molecule has 2 N–H and O–H groups in total. The first-order valence-corrected chi connectivity index (χ1v) is 5.01. The van der Waals surface area contributed by atoms with Gasteiger partial charge in [0.15, 0.2) is 0 Å². The van der Waals surface area contributed by atoms with E-state index in [2.05, 4.69) is 10.6 Å². The number of amides is 1. The van der Waals surface area contributed by atoms with Crippen LogP contribution in [0.4, 0.5) is 0 Å². The summed E-state index contributed by atoms with van der Waals surface area (Å²) in [5.74, 6) is 0.0144. The molecular weight excluding hydrogens is 178 g/mol. The maximum Gasteiger partial charge on any atom is 0.243 e. The van der Waals surface area contributed by atoms with Crippen molar-refractivity contribution in [3.8, 4) is 0 Å². The number of nitrogens with one attached hydrogen (secondary N) is 2. The molecule has 0 spiro atoms. The number of rotatable bonds is 4. The zero-order valence-electron chi connectivity index (χ0n) is 8.92. The molecule has 0 aromatic heterocycles. The molecule has 14 heavy (non-hydrogen) atoms. The topological polar surface area (TPSA) is 44.4 Å². The van der Waals surface area contributed by atoms with Gasteiger partial charge in [-0.15, -0.1) is 0 Å². The van der Waals surface area contributed by atoms with Gasteiger partial charge < -0.3 is 15.5 Å². The van der Waals surface area contributed by atoms with Gasteiger partial charge >= 0.3 is 0 Å². The van der Waals surface area contributed by atoms with E-state index >= 15 is 0 Å². The molecule has 4 nitrogen and oxygen atoms in total. The van der Waals surface area contributed by atoms with Crippen LogP contribution in [0.1, 0.15) is 6.42 Å². The summed E-state index contributed by atoms with van der Waals surface area (Å²) in [5.41, 5.74) is 0. The van der Waals surface area contributed by atoms with Crippen LogP contribution in [0.3, 0.4) is 0 Å². The minimum Gasteiger partial charge on any atom is -0.349 e. The van der Waals surface area contributed by atoms with Gasteiger partial charge in [-0.3, -0.25) is 4.79 Å². The molecule has 1 heterocycles. The standard InChI is InChI=1S/C10H19N3O/c1-13(2)7-3-4-10(14)12-9-5-6-11-8-9/h3-4,9,11H,5-8H2,1-2H3,(H,12,14)/b4-3+/t9-/m0/s1. The van der Waals surface area contributed by atoms with Crippen LogP contribution < -0.4 is 10.6 Å². The predicted octanol–water partition coefficient (Wildman–Crippen LogP) is -0.418. The molecule has 0 saturated carbocycles. The van der Waals surface area contributed by atoms with Crippen molar-refractivity contribution in [2.45, 2.75) is 12.5 Å². The molecule has 0 radical (unpaired) electrons. The minimum atomic E-state index is 0.0144. The molecule has 80 valence electrons. The molecule has 0 aromatic rings. The van der Waals surface area contributed by atoms with Gasteiger partial charge in [0, 0.05) is 25.2 Å². The lowest BCUT2D eigenvalue weighted by atomic mass is 10.2. The van der Waals surface area contributed by atoms with Crippen LogP contribution in [0, 0.1) is 0 Å². The molecule has 0 aliphatic carbocycles. The Kier molecular flexibility index (Phi) is 4.62. The first kappa shape index (κ1) is 11.2. The number of carbonyl (C=O) groups excluding carboxylic acids is 1. The number of hydrogen-bond acceptors (Lipinski definition) is 3. The van der Waals surface area contributed by atoms with Gasteiger partial charge in [-0.05, 0) is 27.1 Å². The lowest BCUT2D eigenvalue weighted by Crippen LogP contribution is -2.35. The Morgan fingerprint density at radius 2 is 2.43 bits per heavy atom. The second kappa shape index (κ2) is 5.78. The fourth-order valence-corrected chi connectivity index (χ4v) is 1.40. The van der Waals surface area contributed by atoms with Gasteiger partial charge in [-0.25, -0.2) is 0 Å². The summed E-state index contributed by atoms with van der Waals surface area (Å²) in [6.07, 6.45) is 4.52. The third kappa shape index (κ3) is 4.39. The largest absolute Gasteiger partial charge is 0.349 e. The molecule has 0 unspecified atom stereocenters. The fourth-order valence-electron chi connectivity index (χ4n) is 1.40. The van der Waals surface area contributed by atoms with Crippen LogP contribution in [-0.2, 0) is 4.79 Å². The Morgan fingerprint density at radius 1 is 1.64 bits per heavy atom. The molecule has 1 aliphatic rings. The summed E-state index contributed by atoms with van der Waals surface area (Å²) >= 11 is 0. The normalized spacial score (nSPS) is 22.1. The molecule has 1 rings (SSSR count). The Bertz CT molecular complexity index is 207. The van der Waals surface area contributed by atoms with Crippen LogP contribution in [-0.4, -0.2) is 50.6 Å². The average Bonchev–Trinajstić information content (AvgIpc) is 2.56. The van der Waals surface area contributed by atoms with Gasteiger partial charge in [0.2, 0.25) is 5.91 Å². The average molecular weight is 197 g/mol. The van der Waals surface area contributed by atoms with Gasteiger partial charge in [0.25, 0.3) is 0 Å². The van der Waals surface area contributed by atoms with E-state index in [1.807, 2.05) is 25.1 Å². The first-order chi connectivity index (χ1) is 6.68. The predicted molar refractivity (Wildman–Crippen MR) is 57.1 cm³/mol. The highest BCUT2D eigenvalue weighted by Crippen LogP contribution is 1.96. The molecule has 0 aromatic carbocycles. The maximum absolute atomic E-state index is 11.3. The van der Waals surface area contributed by atoms with Crippen molar-refractivity contribution in [1.82, 2.24) is 15.5 Å². The SMILES string of the molecule is CN(C)C/C=C/C(=O)N[C@H]1CCNC1. The van der Waals surface area contributed by atoms with Crippen molar-refractivity contribution < 1.29 is 4.79 Å². The van der Waals surface area contributed by atoms with Crippen molar-refractivity contribution in [2.75, 3.05) is 33.7 Å². The molecule has 1 aliphatic heterocycles. The van der Waals surface area contributed by atoms with Crippen LogP contribution >= 0.6 is 0 Å². The smallest absolute Gasteiger partial charge is 0.243 e. The van der Waals surface area contributed by atoms with E-state index in [0.29, 0.717) is 6.04 Å². The maximum atomic E-state index is 11.3. The molecule has 1 amide bonds. The highest BCUT2D eigenvalue weighted by Gasteiger charge is 2.14. The third-order valence-corrected chi connectivity index (χ3v) is 2.15. The number of hydrogen-bond donors (Lipinski definition) is 2. The second-order valence-corrected chi connectivity index (χ2v) is 3.86. The van der Waals surface area contributed by atoms with Crippen LogP contribution in [0.5, 0.6) is 0 Å². The highest BCUT2D eigenvalue weighted by molar-refractivity contribution is 5.87. The Morgan fingerprint density at radius 3 is 3.00 bits per heavy atom. The van der Waals surface area contributed by atoms with E-state index in [4.69, 9.17) is 0 Å². The number of nitrogens with zero attached hydrogens (tertiary/aromatic N) is 1. The van der Waals surface area contributed by atoms with E-state index in [-0.39, 0.29) is 5.91 Å². The summed E-state index contributed by atoms with van der Waals surface area (Å²) in [7, 11) is 3.95. The van der Waals surface area contributed by atoms with Gasteiger partial charge in [-0.2, -0.15) is 0 Å². The summed E-state index contributed by atoms with van der Waals surface area (Å²) in [6, 6.07) is 0.312. The second-order valence-electron chi connectivity index (χ2n) is 3.86. The molecule has 0 bridgehead atoms. The van der Waals surface area contributed by atoms with Gasteiger partial charge in [0.05, 0.1) is 0 Å². The quantitative estimate of drug-likeness (QED) is 0.602. The van der Waals surface area contributed by atoms with Gasteiger partial charge in [-0.1, -0.05) is 6.08 Å². The molecule has 4 heteroatoms. The van der Waals surface area contributed by atoms with E-state index in [1.165, 1.54) is 0 Å². The van der Waals surface area contributed by atoms with Crippen molar-refractivity contribution in [1.29, 1.82) is 0 Å². The van der Waals surface area contributed by atoms with Crippen LogP contribution in [0.15, 0.2) is 12.2 Å². The minimum absolute atomic E-state index is 0.0144. The zero-order valence-corrected chi connectivity index (χ0v) is 8.92. The Labute approximate surface area is 85.3 Å². The summed E-state index contributed by atoms with van der Waals surface area (Å²) in [6.45, 7) is 2.70. The first-order valence-electron chi connectivity index (χ1n) is 5.01. The van der Waals surface area contributed by atoms with Crippen molar-refractivity contribution in [3.63, 3.8) is 0 Å². The number of carbonyl (C=O) groups is 1. The van der Waals surface area contributed by atoms with E-state index in [9.17, 15) is 4.79 Å². The van der Waals surface area contributed by atoms with Crippen LogP contribution in [0.25, 0.3) is 0 Å². The van der Waals surface area contributed by atoms with Crippen molar-refractivity contribution in [2.24, 2.45) is 0 Å². The molecular formula is C10H19N3O. The molecule has 1 saturated heterocycles. The summed E-state index contributed by atoms with van der Waals surface area (Å²) < 4.78 is 0. The highest BCUT2D eigenvalue weighted by atomic mass is 16.1. The van der Waals surface area contributed by atoms with E-state index in [0.717, 1.165) is 26.1 Å². The van der Waals surface area contributed by atoms with E-state index < -0.39 is 0 Å².